The summed E-state index contributed by atoms with van der Waals surface area (Å²) < 4.78 is 0.714. The van der Waals surface area contributed by atoms with E-state index in [1.54, 1.807) is 43.4 Å². The van der Waals surface area contributed by atoms with Crippen molar-refractivity contribution in [2.24, 2.45) is 0 Å². The highest BCUT2D eigenvalue weighted by Crippen LogP contribution is 2.26. The molecule has 0 aromatic heterocycles. The van der Waals surface area contributed by atoms with Crippen LogP contribution in [-0.4, -0.2) is 46.0 Å². The predicted octanol–water partition coefficient (Wildman–Crippen LogP) is 3.39. The molecule has 2 aromatic rings. The van der Waals surface area contributed by atoms with Crippen LogP contribution in [0.3, 0.4) is 0 Å². The summed E-state index contributed by atoms with van der Waals surface area (Å²) in [6.45, 7) is 0.242. The van der Waals surface area contributed by atoms with Gasteiger partial charge in [-0.25, -0.2) is 0 Å². The molecule has 3 amide bonds. The molecule has 1 aliphatic heterocycles. The van der Waals surface area contributed by atoms with Crippen molar-refractivity contribution in [2.45, 2.75) is 19.4 Å². The van der Waals surface area contributed by atoms with E-state index in [-0.39, 0.29) is 42.9 Å². The Bertz CT molecular complexity index is 1010. The van der Waals surface area contributed by atoms with Crippen molar-refractivity contribution < 1.29 is 19.3 Å². The van der Waals surface area contributed by atoms with E-state index in [9.17, 15) is 24.5 Å². The van der Waals surface area contributed by atoms with E-state index in [1.165, 1.54) is 11.0 Å². The van der Waals surface area contributed by atoms with Gasteiger partial charge in [-0.2, -0.15) is 0 Å². The van der Waals surface area contributed by atoms with Crippen molar-refractivity contribution in [2.75, 3.05) is 13.6 Å². The van der Waals surface area contributed by atoms with Crippen molar-refractivity contribution in [3.05, 3.63) is 73.7 Å². The fraction of sp³-hybridized carbons (Fsp3) is 0.250. The Kier molecular flexibility index (Phi) is 6.07. The monoisotopic (exact) mass is 459 g/mol. The van der Waals surface area contributed by atoms with Crippen LogP contribution in [0.5, 0.6) is 0 Å². The van der Waals surface area contributed by atoms with Crippen LogP contribution in [-0.2, 0) is 11.3 Å². The number of rotatable bonds is 7. The molecule has 0 unspecified atom stereocenters. The molecule has 0 spiro atoms. The number of nitrogens with zero attached hydrogens (tertiary/aromatic N) is 3. The predicted molar refractivity (Wildman–Crippen MR) is 108 cm³/mol. The number of nitro benzene ring substituents is 1. The van der Waals surface area contributed by atoms with Gasteiger partial charge in [-0.05, 0) is 24.6 Å². The lowest BCUT2D eigenvalue weighted by Crippen LogP contribution is -2.32. The molecule has 1 aliphatic rings. The second kappa shape index (κ2) is 8.52. The van der Waals surface area contributed by atoms with Gasteiger partial charge in [-0.3, -0.25) is 29.4 Å². The lowest BCUT2D eigenvalue weighted by atomic mass is 10.1. The minimum absolute atomic E-state index is 0.0377. The van der Waals surface area contributed by atoms with Gasteiger partial charge in [0.25, 0.3) is 17.5 Å². The summed E-state index contributed by atoms with van der Waals surface area (Å²) in [5.74, 6) is -0.951. The van der Waals surface area contributed by atoms with Crippen molar-refractivity contribution in [1.29, 1.82) is 0 Å². The number of carbonyl (C=O) groups excluding carboxylic acids is 3. The van der Waals surface area contributed by atoms with E-state index in [0.717, 1.165) is 4.90 Å². The first-order chi connectivity index (χ1) is 13.8. The summed E-state index contributed by atoms with van der Waals surface area (Å²) in [6.07, 6.45) is 0.431. The highest BCUT2D eigenvalue weighted by atomic mass is 79.9. The highest BCUT2D eigenvalue weighted by Gasteiger charge is 2.35. The van der Waals surface area contributed by atoms with Gasteiger partial charge in [-0.1, -0.05) is 34.1 Å². The highest BCUT2D eigenvalue weighted by molar-refractivity contribution is 9.10. The molecule has 0 saturated carbocycles. The first-order valence-corrected chi connectivity index (χ1v) is 9.71. The van der Waals surface area contributed by atoms with E-state index in [0.29, 0.717) is 27.6 Å². The molecule has 0 bridgehead atoms. The zero-order valence-corrected chi connectivity index (χ0v) is 17.2. The molecule has 0 saturated heterocycles. The van der Waals surface area contributed by atoms with Crippen molar-refractivity contribution in [3.63, 3.8) is 0 Å². The molecule has 1 heterocycles. The van der Waals surface area contributed by atoms with Crippen LogP contribution in [0.25, 0.3) is 0 Å². The molecule has 9 heteroatoms. The third-order valence-corrected chi connectivity index (χ3v) is 5.22. The number of halogens is 1. The minimum atomic E-state index is -0.478. The fourth-order valence-electron chi connectivity index (χ4n) is 3.21. The topological polar surface area (TPSA) is 101 Å². The van der Waals surface area contributed by atoms with Gasteiger partial charge in [-0.15, -0.1) is 0 Å². The van der Waals surface area contributed by atoms with Gasteiger partial charge in [0.2, 0.25) is 5.91 Å². The van der Waals surface area contributed by atoms with E-state index in [2.05, 4.69) is 15.9 Å². The van der Waals surface area contributed by atoms with E-state index in [1.807, 2.05) is 0 Å². The van der Waals surface area contributed by atoms with Crippen molar-refractivity contribution in [1.82, 2.24) is 9.80 Å². The summed E-state index contributed by atoms with van der Waals surface area (Å²) in [7, 11) is 1.57. The Morgan fingerprint density at radius 2 is 1.83 bits per heavy atom. The second-order valence-electron chi connectivity index (χ2n) is 6.69. The van der Waals surface area contributed by atoms with Crippen LogP contribution in [0.2, 0.25) is 0 Å². The number of amides is 3. The fourth-order valence-corrected chi connectivity index (χ4v) is 3.57. The average Bonchev–Trinajstić information content (AvgIpc) is 2.92. The molecule has 29 heavy (non-hydrogen) atoms. The smallest absolute Gasteiger partial charge is 0.274 e. The van der Waals surface area contributed by atoms with Gasteiger partial charge in [0.1, 0.15) is 0 Å². The summed E-state index contributed by atoms with van der Waals surface area (Å²) in [6, 6.07) is 11.2. The zero-order valence-electron chi connectivity index (χ0n) is 15.6. The van der Waals surface area contributed by atoms with Gasteiger partial charge in [0.15, 0.2) is 0 Å². The number of fused-ring (bicyclic) bond motifs is 1. The van der Waals surface area contributed by atoms with E-state index in [4.69, 9.17) is 0 Å². The standard InChI is InChI=1S/C20H18BrN3O5/c1-22(12-13-5-2-3-6-17(13)24(28)29)18(25)7-4-10-23-19(26)15-9-8-14(21)11-16(15)20(23)27/h2-3,5-6,8-9,11H,4,7,10,12H2,1H3. The van der Waals surface area contributed by atoms with Gasteiger partial charge in [0, 0.05) is 36.1 Å². The lowest BCUT2D eigenvalue weighted by molar-refractivity contribution is -0.385. The van der Waals surface area contributed by atoms with Gasteiger partial charge >= 0.3 is 0 Å². The Hall–Kier alpha value is -3.07. The minimum Gasteiger partial charge on any atom is -0.341 e. The normalized spacial score (nSPS) is 12.8. The number of para-hydroxylation sites is 1. The summed E-state index contributed by atoms with van der Waals surface area (Å²) in [5, 5.41) is 11.1. The van der Waals surface area contributed by atoms with Crippen molar-refractivity contribution >= 4 is 39.3 Å². The Morgan fingerprint density at radius 1 is 1.14 bits per heavy atom. The maximum absolute atomic E-state index is 12.4. The molecule has 150 valence electrons. The number of hydrogen-bond donors (Lipinski definition) is 0. The molecule has 0 atom stereocenters. The lowest BCUT2D eigenvalue weighted by Gasteiger charge is -2.18. The third kappa shape index (κ3) is 4.34. The maximum Gasteiger partial charge on any atom is 0.274 e. The average molecular weight is 460 g/mol. The number of hydrogen-bond acceptors (Lipinski definition) is 5. The zero-order chi connectivity index (χ0) is 21.1. The van der Waals surface area contributed by atoms with E-state index < -0.39 is 4.92 Å². The Morgan fingerprint density at radius 3 is 2.55 bits per heavy atom. The molecular weight excluding hydrogens is 442 g/mol. The molecular formula is C20H18BrN3O5. The summed E-state index contributed by atoms with van der Waals surface area (Å²) in [4.78, 5) is 50.4. The van der Waals surface area contributed by atoms with E-state index >= 15 is 0 Å². The van der Waals surface area contributed by atoms with Gasteiger partial charge < -0.3 is 4.90 Å². The van der Waals surface area contributed by atoms with Crippen molar-refractivity contribution in [3.8, 4) is 0 Å². The number of nitro groups is 1. The first-order valence-electron chi connectivity index (χ1n) is 8.91. The van der Waals surface area contributed by atoms with Gasteiger partial charge in [0.05, 0.1) is 22.6 Å². The number of carbonyl (C=O) groups is 3. The van der Waals surface area contributed by atoms with Crippen LogP contribution in [0.15, 0.2) is 46.9 Å². The molecule has 0 N–H and O–H groups in total. The number of imide groups is 1. The molecule has 2 aromatic carbocycles. The molecule has 3 rings (SSSR count). The van der Waals surface area contributed by atoms with Crippen LogP contribution in [0.1, 0.15) is 39.1 Å². The summed E-state index contributed by atoms with van der Waals surface area (Å²) >= 11 is 3.29. The first kappa shape index (κ1) is 20.7. The molecule has 0 aliphatic carbocycles. The molecule has 0 fully saturated rings. The maximum atomic E-state index is 12.4. The third-order valence-electron chi connectivity index (χ3n) is 4.73. The van der Waals surface area contributed by atoms with Crippen LogP contribution in [0.4, 0.5) is 5.69 Å². The quantitative estimate of drug-likeness (QED) is 0.358. The number of benzene rings is 2. The Labute approximate surface area is 175 Å². The van der Waals surface area contributed by atoms with Crippen LogP contribution in [0, 0.1) is 10.1 Å². The molecule has 8 nitrogen and oxygen atoms in total. The van der Waals surface area contributed by atoms with Crippen LogP contribution >= 0.6 is 15.9 Å². The largest absolute Gasteiger partial charge is 0.341 e. The SMILES string of the molecule is CN(Cc1ccccc1[N+](=O)[O-])C(=O)CCCN1C(=O)c2ccc(Br)cc2C1=O. The Balaban J connectivity index is 1.56. The second-order valence-corrected chi connectivity index (χ2v) is 7.61. The molecule has 0 radical (unpaired) electrons. The van der Waals surface area contributed by atoms with Crippen LogP contribution < -0.4 is 0 Å². The summed E-state index contributed by atoms with van der Waals surface area (Å²) in [5.41, 5.74) is 1.12.